The number of aromatic nitrogens is 1. The fourth-order valence-electron chi connectivity index (χ4n) is 2.52. The lowest BCUT2D eigenvalue weighted by atomic mass is 10.1. The van der Waals surface area contributed by atoms with E-state index in [1.165, 1.54) is 22.2 Å². The molecule has 1 heterocycles. The third kappa shape index (κ3) is 3.35. The van der Waals surface area contributed by atoms with Crippen LogP contribution in [0.4, 0.5) is 0 Å². The number of nitrogens with one attached hydrogen (secondary N) is 1. The normalized spacial score (nSPS) is 13.3. The highest BCUT2D eigenvalue weighted by Gasteiger charge is 2.12. The Kier molecular flexibility index (Phi) is 4.58. The summed E-state index contributed by atoms with van der Waals surface area (Å²) in [5.41, 5.74) is 9.13. The van der Waals surface area contributed by atoms with Crippen molar-refractivity contribution in [2.75, 3.05) is 20.1 Å². The van der Waals surface area contributed by atoms with Gasteiger partial charge in [-0.1, -0.05) is 18.2 Å². The second-order valence-corrected chi connectivity index (χ2v) is 5.20. The molecule has 19 heavy (non-hydrogen) atoms. The quantitative estimate of drug-likeness (QED) is 0.740. The minimum Gasteiger partial charge on any atom is -0.392 e. The maximum absolute atomic E-state index is 9.80. The lowest BCUT2D eigenvalue weighted by Crippen LogP contribution is -2.30. The lowest BCUT2D eigenvalue weighted by Gasteiger charge is -2.20. The number of aliphatic hydroxyl groups excluding tert-OH is 1. The van der Waals surface area contributed by atoms with Gasteiger partial charge in [0.05, 0.1) is 6.10 Å². The second-order valence-electron chi connectivity index (χ2n) is 5.20. The van der Waals surface area contributed by atoms with Crippen LogP contribution in [0.3, 0.4) is 0 Å². The van der Waals surface area contributed by atoms with Crippen molar-refractivity contribution in [1.82, 2.24) is 9.88 Å². The Morgan fingerprint density at radius 2 is 2.11 bits per heavy atom. The van der Waals surface area contributed by atoms with Gasteiger partial charge in [-0.05, 0) is 38.6 Å². The smallest absolute Gasteiger partial charge is 0.0679 e. The minimum absolute atomic E-state index is 0.347. The number of aromatic amines is 1. The molecule has 0 saturated carbocycles. The molecule has 4 heteroatoms. The first-order valence-electron chi connectivity index (χ1n) is 6.74. The first-order valence-corrected chi connectivity index (χ1v) is 6.74. The summed E-state index contributed by atoms with van der Waals surface area (Å²) in [7, 11) is 2.03. The molecular weight excluding hydrogens is 238 g/mol. The third-order valence-electron chi connectivity index (χ3n) is 3.48. The zero-order chi connectivity index (χ0) is 13.8. The maximum Gasteiger partial charge on any atom is 0.0679 e. The molecule has 2 rings (SSSR count). The zero-order valence-corrected chi connectivity index (χ0v) is 11.7. The molecule has 0 fully saturated rings. The van der Waals surface area contributed by atoms with Gasteiger partial charge in [0.1, 0.15) is 0 Å². The highest BCUT2D eigenvalue weighted by atomic mass is 16.3. The number of aryl methyl sites for hydroxylation is 1. The fourth-order valence-corrected chi connectivity index (χ4v) is 2.52. The van der Waals surface area contributed by atoms with Crippen molar-refractivity contribution >= 4 is 10.9 Å². The van der Waals surface area contributed by atoms with Crippen LogP contribution in [0.2, 0.25) is 0 Å². The van der Waals surface area contributed by atoms with Crippen molar-refractivity contribution in [3.8, 4) is 0 Å². The summed E-state index contributed by atoms with van der Waals surface area (Å²) >= 11 is 0. The van der Waals surface area contributed by atoms with Crippen molar-refractivity contribution < 1.29 is 5.11 Å². The Morgan fingerprint density at radius 1 is 1.37 bits per heavy atom. The molecule has 1 unspecified atom stereocenters. The molecule has 0 amide bonds. The number of para-hydroxylation sites is 1. The summed E-state index contributed by atoms with van der Waals surface area (Å²) < 4.78 is 0. The van der Waals surface area contributed by atoms with Gasteiger partial charge in [-0.3, -0.25) is 4.90 Å². The summed E-state index contributed by atoms with van der Waals surface area (Å²) in [6.07, 6.45) is 0.303. The molecule has 104 valence electrons. The van der Waals surface area contributed by atoms with E-state index in [-0.39, 0.29) is 6.10 Å². The number of hydrogen-bond donors (Lipinski definition) is 3. The van der Waals surface area contributed by atoms with Crippen molar-refractivity contribution in [1.29, 1.82) is 0 Å². The Balaban J connectivity index is 2.10. The van der Waals surface area contributed by atoms with Gasteiger partial charge < -0.3 is 15.8 Å². The number of likely N-dealkylation sites (N-methyl/N-ethyl adjacent to an activating group) is 1. The largest absolute Gasteiger partial charge is 0.392 e. The predicted molar refractivity (Wildman–Crippen MR) is 79.0 cm³/mol. The number of benzene rings is 1. The molecule has 0 bridgehead atoms. The highest BCUT2D eigenvalue weighted by Crippen LogP contribution is 2.22. The van der Waals surface area contributed by atoms with Crippen LogP contribution in [0, 0.1) is 6.92 Å². The van der Waals surface area contributed by atoms with Crippen molar-refractivity contribution in [3.05, 3.63) is 35.5 Å². The summed E-state index contributed by atoms with van der Waals surface area (Å²) in [6.45, 7) is 4.11. The van der Waals surface area contributed by atoms with E-state index < -0.39 is 0 Å². The first-order chi connectivity index (χ1) is 9.11. The minimum atomic E-state index is -0.347. The van der Waals surface area contributed by atoms with Gasteiger partial charge in [-0.25, -0.2) is 0 Å². The van der Waals surface area contributed by atoms with Crippen LogP contribution >= 0.6 is 0 Å². The molecule has 1 atom stereocenters. The molecule has 4 nitrogen and oxygen atoms in total. The molecule has 1 aromatic heterocycles. The molecule has 0 aliphatic carbocycles. The molecule has 0 saturated heterocycles. The van der Waals surface area contributed by atoms with E-state index in [2.05, 4.69) is 35.0 Å². The summed E-state index contributed by atoms with van der Waals surface area (Å²) in [4.78, 5) is 5.54. The summed E-state index contributed by atoms with van der Waals surface area (Å²) in [6, 6.07) is 8.33. The van der Waals surface area contributed by atoms with Crippen LogP contribution in [0.15, 0.2) is 24.3 Å². The van der Waals surface area contributed by atoms with Gasteiger partial charge in [0.25, 0.3) is 0 Å². The molecule has 0 spiro atoms. The van der Waals surface area contributed by atoms with E-state index in [9.17, 15) is 5.11 Å². The van der Waals surface area contributed by atoms with Gasteiger partial charge in [-0.15, -0.1) is 0 Å². The van der Waals surface area contributed by atoms with Gasteiger partial charge in [0.2, 0.25) is 0 Å². The van der Waals surface area contributed by atoms with Crippen molar-refractivity contribution in [3.63, 3.8) is 0 Å². The van der Waals surface area contributed by atoms with E-state index in [1.807, 2.05) is 13.1 Å². The van der Waals surface area contributed by atoms with E-state index in [0.717, 1.165) is 6.54 Å². The standard InChI is InChI=1S/C15H23N3O/c1-11-14(10-18(2)9-12(19)7-8-16)13-5-3-4-6-15(13)17-11/h3-6,12,17,19H,7-10,16H2,1-2H3. The lowest BCUT2D eigenvalue weighted by molar-refractivity contribution is 0.117. The number of fused-ring (bicyclic) bond motifs is 1. The summed E-state index contributed by atoms with van der Waals surface area (Å²) in [5.74, 6) is 0. The third-order valence-corrected chi connectivity index (χ3v) is 3.48. The van der Waals surface area contributed by atoms with Gasteiger partial charge in [-0.2, -0.15) is 0 Å². The van der Waals surface area contributed by atoms with Gasteiger partial charge in [0, 0.05) is 29.7 Å². The molecule has 1 aromatic carbocycles. The number of nitrogens with two attached hydrogens (primary N) is 1. The van der Waals surface area contributed by atoms with Crippen LogP contribution < -0.4 is 5.73 Å². The Morgan fingerprint density at radius 3 is 2.84 bits per heavy atom. The highest BCUT2D eigenvalue weighted by molar-refractivity contribution is 5.84. The predicted octanol–water partition coefficient (Wildman–Crippen LogP) is 1.62. The maximum atomic E-state index is 9.80. The van der Waals surface area contributed by atoms with E-state index in [4.69, 9.17) is 5.73 Å². The number of rotatable bonds is 6. The number of nitrogens with zero attached hydrogens (tertiary/aromatic N) is 1. The van der Waals surface area contributed by atoms with E-state index >= 15 is 0 Å². The average molecular weight is 261 g/mol. The SMILES string of the molecule is Cc1[nH]c2ccccc2c1CN(C)CC(O)CCN. The second kappa shape index (κ2) is 6.19. The van der Waals surface area contributed by atoms with Crippen LogP contribution in [0.5, 0.6) is 0 Å². The summed E-state index contributed by atoms with van der Waals surface area (Å²) in [5, 5.41) is 11.1. The van der Waals surface area contributed by atoms with Gasteiger partial charge in [0.15, 0.2) is 0 Å². The van der Waals surface area contributed by atoms with Crippen LogP contribution in [0.1, 0.15) is 17.7 Å². The number of hydrogen-bond acceptors (Lipinski definition) is 3. The van der Waals surface area contributed by atoms with Crippen molar-refractivity contribution in [2.24, 2.45) is 5.73 Å². The molecule has 0 aliphatic heterocycles. The Hall–Kier alpha value is -1.36. The number of H-pyrrole nitrogens is 1. The van der Waals surface area contributed by atoms with E-state index in [0.29, 0.717) is 19.5 Å². The Bertz CT molecular complexity index is 535. The topological polar surface area (TPSA) is 65.3 Å². The number of aliphatic hydroxyl groups is 1. The van der Waals surface area contributed by atoms with Crippen LogP contribution in [-0.2, 0) is 6.54 Å². The van der Waals surface area contributed by atoms with Crippen molar-refractivity contribution in [2.45, 2.75) is 26.0 Å². The monoisotopic (exact) mass is 261 g/mol. The fraction of sp³-hybridized carbons (Fsp3) is 0.467. The average Bonchev–Trinajstić information content (AvgIpc) is 2.66. The molecule has 4 N–H and O–H groups in total. The zero-order valence-electron chi connectivity index (χ0n) is 11.7. The Labute approximate surface area is 114 Å². The van der Waals surface area contributed by atoms with Crippen LogP contribution in [-0.4, -0.2) is 41.2 Å². The molecular formula is C15H23N3O. The van der Waals surface area contributed by atoms with Gasteiger partial charge >= 0.3 is 0 Å². The molecule has 0 aliphatic rings. The van der Waals surface area contributed by atoms with E-state index in [1.54, 1.807) is 0 Å². The van der Waals surface area contributed by atoms with Crippen LogP contribution in [0.25, 0.3) is 10.9 Å². The molecule has 0 radical (unpaired) electrons. The first kappa shape index (κ1) is 14.1. The molecule has 2 aromatic rings.